The Kier molecular flexibility index (Phi) is 2.76. The van der Waals surface area contributed by atoms with Crippen LogP contribution in [0.5, 0.6) is 0 Å². The summed E-state index contributed by atoms with van der Waals surface area (Å²) in [6, 6.07) is 0. The topological polar surface area (TPSA) is 72.2 Å². The molecule has 0 saturated heterocycles. The van der Waals surface area contributed by atoms with Crippen LogP contribution in [0.2, 0.25) is 0 Å². The average molecular weight is 236 g/mol. The lowest BCUT2D eigenvalue weighted by Crippen LogP contribution is -2.30. The van der Waals surface area contributed by atoms with Crippen LogP contribution >= 0.6 is 0 Å². The number of rotatable bonds is 1. The van der Waals surface area contributed by atoms with Gasteiger partial charge in [-0.15, -0.1) is 0 Å². The van der Waals surface area contributed by atoms with Gasteiger partial charge >= 0.3 is 17.8 Å². The molecule has 1 rings (SSSR count). The summed E-state index contributed by atoms with van der Waals surface area (Å²) in [6.45, 7) is 1.11. The van der Waals surface area contributed by atoms with Gasteiger partial charge in [0.25, 0.3) is 0 Å². The van der Waals surface area contributed by atoms with E-state index in [0.29, 0.717) is 0 Å². The number of carboxylic acids is 1. The van der Waals surface area contributed by atoms with Crippen molar-refractivity contribution >= 4 is 5.97 Å². The summed E-state index contributed by atoms with van der Waals surface area (Å²) in [5.41, 5.74) is -4.11. The van der Waals surface area contributed by atoms with E-state index in [1.54, 1.807) is 0 Å². The Hall–Kier alpha value is -1.86. The number of halogens is 3. The van der Waals surface area contributed by atoms with E-state index in [0.717, 1.165) is 18.5 Å². The molecule has 0 saturated carbocycles. The Bertz CT molecular complexity index is 504. The van der Waals surface area contributed by atoms with Gasteiger partial charge in [-0.3, -0.25) is 4.57 Å². The van der Waals surface area contributed by atoms with Crippen molar-refractivity contribution in [3.8, 4) is 0 Å². The minimum Gasteiger partial charge on any atom is -0.478 e. The minimum atomic E-state index is -4.97. The van der Waals surface area contributed by atoms with E-state index in [9.17, 15) is 22.8 Å². The minimum absolute atomic E-state index is 0.292. The second kappa shape index (κ2) is 3.62. The Balaban J connectivity index is 3.74. The van der Waals surface area contributed by atoms with Crippen LogP contribution in [-0.4, -0.2) is 20.6 Å². The van der Waals surface area contributed by atoms with Gasteiger partial charge in [-0.1, -0.05) is 0 Å². The van der Waals surface area contributed by atoms with E-state index in [4.69, 9.17) is 5.11 Å². The zero-order chi connectivity index (χ0) is 12.7. The van der Waals surface area contributed by atoms with Crippen molar-refractivity contribution < 1.29 is 23.1 Å². The smallest absolute Gasteiger partial charge is 0.434 e. The molecule has 0 unspecified atom stereocenters. The van der Waals surface area contributed by atoms with Crippen molar-refractivity contribution in [2.24, 2.45) is 7.05 Å². The van der Waals surface area contributed by atoms with E-state index < -0.39 is 29.1 Å². The van der Waals surface area contributed by atoms with Crippen LogP contribution in [0.3, 0.4) is 0 Å². The zero-order valence-electron chi connectivity index (χ0n) is 8.29. The molecule has 0 aliphatic rings. The fourth-order valence-electron chi connectivity index (χ4n) is 1.17. The fraction of sp³-hybridized carbons (Fsp3) is 0.375. The molecule has 0 aliphatic carbocycles. The molecule has 0 fully saturated rings. The number of hydrogen-bond acceptors (Lipinski definition) is 3. The molecule has 8 heteroatoms. The van der Waals surface area contributed by atoms with Crippen LogP contribution in [0.1, 0.15) is 21.7 Å². The third-order valence-corrected chi connectivity index (χ3v) is 2.08. The normalized spacial score (nSPS) is 11.6. The molecule has 1 aromatic heterocycles. The Morgan fingerprint density at radius 2 is 1.94 bits per heavy atom. The van der Waals surface area contributed by atoms with Crippen molar-refractivity contribution in [1.82, 2.24) is 9.55 Å². The lowest BCUT2D eigenvalue weighted by atomic mass is 10.1. The van der Waals surface area contributed by atoms with Crippen molar-refractivity contribution in [3.05, 3.63) is 27.4 Å². The third-order valence-electron chi connectivity index (χ3n) is 2.08. The number of alkyl halides is 3. The lowest BCUT2D eigenvalue weighted by molar-refractivity contribution is -0.142. The van der Waals surface area contributed by atoms with Gasteiger partial charge in [-0.25, -0.2) is 9.59 Å². The maximum Gasteiger partial charge on any atom is 0.434 e. The van der Waals surface area contributed by atoms with E-state index in [2.05, 4.69) is 4.98 Å². The van der Waals surface area contributed by atoms with Crippen LogP contribution in [0.25, 0.3) is 0 Å². The molecule has 0 amide bonds. The molecule has 1 N–H and O–H groups in total. The molecule has 1 heterocycles. The Morgan fingerprint density at radius 1 is 1.44 bits per heavy atom. The molecule has 1 aromatic rings. The highest BCUT2D eigenvalue weighted by atomic mass is 19.4. The molecule has 0 aliphatic heterocycles. The number of nitrogens with zero attached hydrogens (tertiary/aromatic N) is 2. The first-order valence-electron chi connectivity index (χ1n) is 4.04. The summed E-state index contributed by atoms with van der Waals surface area (Å²) in [6.07, 6.45) is -4.97. The maximum atomic E-state index is 12.4. The second-order valence-corrected chi connectivity index (χ2v) is 3.07. The van der Waals surface area contributed by atoms with Crippen LogP contribution < -0.4 is 5.69 Å². The van der Waals surface area contributed by atoms with Gasteiger partial charge in [0.05, 0.1) is 0 Å². The van der Waals surface area contributed by atoms with Crippen LogP contribution in [0, 0.1) is 6.92 Å². The highest BCUT2D eigenvalue weighted by Gasteiger charge is 2.39. The van der Waals surface area contributed by atoms with Gasteiger partial charge < -0.3 is 5.11 Å². The van der Waals surface area contributed by atoms with Crippen LogP contribution in [0.4, 0.5) is 13.2 Å². The van der Waals surface area contributed by atoms with Crippen molar-refractivity contribution in [3.63, 3.8) is 0 Å². The number of carboxylic acid groups (broad SMARTS) is 1. The first-order chi connectivity index (χ1) is 7.16. The first-order valence-corrected chi connectivity index (χ1v) is 4.04. The molecule has 5 nitrogen and oxygen atoms in total. The number of aromatic nitrogens is 2. The third kappa shape index (κ3) is 1.90. The monoisotopic (exact) mass is 236 g/mol. The van der Waals surface area contributed by atoms with Gasteiger partial charge in [0, 0.05) is 12.7 Å². The van der Waals surface area contributed by atoms with Gasteiger partial charge in [-0.05, 0) is 6.92 Å². The number of aromatic carboxylic acids is 1. The fourth-order valence-corrected chi connectivity index (χ4v) is 1.17. The number of carbonyl (C=O) groups is 1. The van der Waals surface area contributed by atoms with Gasteiger partial charge in [0.2, 0.25) is 0 Å². The quantitative estimate of drug-likeness (QED) is 0.782. The standard InChI is InChI=1S/C8H7F3N2O3/c1-3-4(6(14)15)5(8(9,10)11)12-7(16)13(3)2/h1-2H3,(H,14,15). The van der Waals surface area contributed by atoms with E-state index in [1.165, 1.54) is 0 Å². The molecule has 0 aromatic carbocycles. The molecule has 16 heavy (non-hydrogen) atoms. The molecular formula is C8H7F3N2O3. The molecule has 0 atom stereocenters. The van der Waals surface area contributed by atoms with E-state index in [1.807, 2.05) is 0 Å². The average Bonchev–Trinajstić information content (AvgIpc) is 2.11. The predicted molar refractivity (Wildman–Crippen MR) is 46.2 cm³/mol. The van der Waals surface area contributed by atoms with E-state index in [-0.39, 0.29) is 5.69 Å². The maximum absolute atomic E-state index is 12.4. The molecule has 0 radical (unpaired) electrons. The van der Waals surface area contributed by atoms with Crippen LogP contribution in [0.15, 0.2) is 4.79 Å². The summed E-state index contributed by atoms with van der Waals surface area (Å²) in [5, 5.41) is 8.67. The zero-order valence-corrected chi connectivity index (χ0v) is 8.29. The highest BCUT2D eigenvalue weighted by molar-refractivity contribution is 5.90. The van der Waals surface area contributed by atoms with Gasteiger partial charge in [0.15, 0.2) is 5.69 Å². The summed E-state index contributed by atoms with van der Waals surface area (Å²) in [5.74, 6) is -1.77. The highest BCUT2D eigenvalue weighted by Crippen LogP contribution is 2.30. The molecule has 0 bridgehead atoms. The number of hydrogen-bond donors (Lipinski definition) is 1. The largest absolute Gasteiger partial charge is 0.478 e. The van der Waals surface area contributed by atoms with Crippen LogP contribution in [-0.2, 0) is 13.2 Å². The van der Waals surface area contributed by atoms with E-state index >= 15 is 0 Å². The summed E-state index contributed by atoms with van der Waals surface area (Å²) >= 11 is 0. The summed E-state index contributed by atoms with van der Waals surface area (Å²) in [7, 11) is 1.15. The first kappa shape index (κ1) is 12.2. The van der Waals surface area contributed by atoms with Crippen molar-refractivity contribution in [2.75, 3.05) is 0 Å². The second-order valence-electron chi connectivity index (χ2n) is 3.07. The Labute approximate surface area is 87.2 Å². The van der Waals surface area contributed by atoms with Crippen molar-refractivity contribution in [2.45, 2.75) is 13.1 Å². The van der Waals surface area contributed by atoms with Gasteiger partial charge in [-0.2, -0.15) is 18.2 Å². The van der Waals surface area contributed by atoms with Crippen molar-refractivity contribution in [1.29, 1.82) is 0 Å². The molecular weight excluding hydrogens is 229 g/mol. The lowest BCUT2D eigenvalue weighted by Gasteiger charge is -2.12. The summed E-state index contributed by atoms with van der Waals surface area (Å²) in [4.78, 5) is 24.5. The predicted octanol–water partition coefficient (Wildman–Crippen LogP) is 0.806. The molecule has 0 spiro atoms. The molecule has 88 valence electrons. The van der Waals surface area contributed by atoms with Gasteiger partial charge in [0.1, 0.15) is 5.56 Å². The SMILES string of the molecule is Cc1c(C(=O)O)c(C(F)(F)F)nc(=O)n1C. The summed E-state index contributed by atoms with van der Waals surface area (Å²) < 4.78 is 38.0. The Morgan fingerprint density at radius 3 is 2.31 bits per heavy atom.